The zero-order chi connectivity index (χ0) is 15.6. The molecule has 0 aromatic carbocycles. The lowest BCUT2D eigenvalue weighted by atomic mass is 10.2. The van der Waals surface area contributed by atoms with E-state index in [0.717, 1.165) is 5.75 Å². The van der Waals surface area contributed by atoms with Crippen LogP contribution in [0.3, 0.4) is 0 Å². The van der Waals surface area contributed by atoms with Gasteiger partial charge in [-0.05, 0) is 27.0 Å². The fraction of sp³-hybridized carbons (Fsp3) is 0.714. The zero-order valence-electron chi connectivity index (χ0n) is 12.7. The third kappa shape index (κ3) is 9.86. The van der Waals surface area contributed by atoms with Crippen LogP contribution < -0.4 is 0 Å². The molecule has 0 heterocycles. The summed E-state index contributed by atoms with van der Waals surface area (Å²) in [5.41, 5.74) is -0.113. The molecule has 0 aliphatic carbocycles. The Morgan fingerprint density at radius 2 is 1.85 bits per heavy atom. The van der Waals surface area contributed by atoms with Crippen molar-refractivity contribution in [3.05, 3.63) is 12.2 Å². The van der Waals surface area contributed by atoms with E-state index in [1.807, 2.05) is 20.1 Å². The molecule has 0 fully saturated rings. The van der Waals surface area contributed by atoms with Gasteiger partial charge in [-0.3, -0.25) is 4.79 Å². The van der Waals surface area contributed by atoms with Crippen LogP contribution in [0.1, 0.15) is 27.2 Å². The molecular weight excluding hydrogens is 280 g/mol. The molecule has 0 atom stereocenters. The number of hydrogen-bond donors (Lipinski definition) is 0. The summed E-state index contributed by atoms with van der Waals surface area (Å²) in [6, 6.07) is 0. The van der Waals surface area contributed by atoms with Crippen molar-refractivity contribution in [2.24, 2.45) is 0 Å². The zero-order valence-corrected chi connectivity index (χ0v) is 13.5. The highest BCUT2D eigenvalue weighted by Gasteiger charge is 2.21. The summed E-state index contributed by atoms with van der Waals surface area (Å²) in [5.74, 6) is 0.0194. The van der Waals surface area contributed by atoms with Crippen molar-refractivity contribution in [2.45, 2.75) is 32.8 Å². The van der Waals surface area contributed by atoms with Crippen molar-refractivity contribution in [1.82, 2.24) is 0 Å². The average molecular weight is 304 g/mol. The Bertz CT molecular complexity index is 338. The molecule has 0 saturated carbocycles. The lowest BCUT2D eigenvalue weighted by molar-refractivity contribution is -0.156. The molecular formula is C14H24O5S. The third-order valence-electron chi connectivity index (χ3n) is 2.14. The molecule has 0 bridgehead atoms. The normalized spacial score (nSPS) is 11.0. The number of thioether (sulfide) groups is 1. The van der Waals surface area contributed by atoms with Gasteiger partial charge in [-0.2, -0.15) is 11.8 Å². The molecule has 0 aromatic rings. The molecule has 0 amide bonds. The van der Waals surface area contributed by atoms with Crippen LogP contribution in [0.5, 0.6) is 0 Å². The van der Waals surface area contributed by atoms with Crippen molar-refractivity contribution >= 4 is 23.7 Å². The smallest absolute Gasteiger partial charge is 0.333 e. The minimum Gasteiger partial charge on any atom is -0.460 e. The molecule has 0 rings (SSSR count). The minimum absolute atomic E-state index is 0.151. The van der Waals surface area contributed by atoms with Gasteiger partial charge in [-0.25, -0.2) is 4.79 Å². The largest absolute Gasteiger partial charge is 0.460 e. The Morgan fingerprint density at radius 1 is 1.20 bits per heavy atom. The van der Waals surface area contributed by atoms with E-state index < -0.39 is 11.6 Å². The summed E-state index contributed by atoms with van der Waals surface area (Å²) in [6.45, 7) is 9.44. The summed E-state index contributed by atoms with van der Waals surface area (Å²) >= 11 is 1.63. The van der Waals surface area contributed by atoms with Crippen molar-refractivity contribution in [3.63, 3.8) is 0 Å². The molecule has 0 aliphatic rings. The van der Waals surface area contributed by atoms with E-state index in [4.69, 9.17) is 14.2 Å². The van der Waals surface area contributed by atoms with Crippen molar-refractivity contribution in [2.75, 3.05) is 31.8 Å². The van der Waals surface area contributed by atoms with Gasteiger partial charge in [0.2, 0.25) is 0 Å². The Labute approximate surface area is 125 Å². The molecule has 5 nitrogen and oxygen atoms in total. The maximum absolute atomic E-state index is 11.6. The SMILES string of the molecule is C=C(C)C(=O)OCCOCCC(=O)OC(C)(C)CSC. The van der Waals surface area contributed by atoms with Gasteiger partial charge in [-0.1, -0.05) is 6.58 Å². The van der Waals surface area contributed by atoms with Crippen molar-refractivity contribution in [1.29, 1.82) is 0 Å². The van der Waals surface area contributed by atoms with Gasteiger partial charge in [0.25, 0.3) is 0 Å². The van der Waals surface area contributed by atoms with Crippen molar-refractivity contribution in [3.8, 4) is 0 Å². The third-order valence-corrected chi connectivity index (χ3v) is 3.13. The summed E-state index contributed by atoms with van der Waals surface area (Å²) < 4.78 is 15.4. The number of carbonyl (C=O) groups is 2. The number of rotatable bonds is 10. The van der Waals surface area contributed by atoms with Crippen LogP contribution in [-0.2, 0) is 23.8 Å². The number of ether oxygens (including phenoxy) is 3. The second kappa shape index (κ2) is 9.83. The number of carbonyl (C=O) groups excluding carboxylic acids is 2. The van der Waals surface area contributed by atoms with Gasteiger partial charge >= 0.3 is 11.9 Å². The molecule has 0 aromatic heterocycles. The molecule has 116 valence electrons. The standard InChI is InChI=1S/C14H24O5S/c1-11(2)13(16)18-9-8-17-7-6-12(15)19-14(3,4)10-20-5/h1,6-10H2,2-5H3. The molecule has 0 spiro atoms. The molecule has 0 unspecified atom stereocenters. The summed E-state index contributed by atoms with van der Waals surface area (Å²) in [4.78, 5) is 22.6. The predicted molar refractivity (Wildman–Crippen MR) is 79.8 cm³/mol. The van der Waals surface area contributed by atoms with E-state index in [0.29, 0.717) is 5.57 Å². The summed E-state index contributed by atoms with van der Waals surface area (Å²) in [7, 11) is 0. The number of hydrogen-bond acceptors (Lipinski definition) is 6. The first kappa shape index (κ1) is 19.0. The van der Waals surface area contributed by atoms with E-state index in [1.54, 1.807) is 18.7 Å². The van der Waals surface area contributed by atoms with Gasteiger partial charge in [0.05, 0.1) is 19.6 Å². The second-order valence-electron chi connectivity index (χ2n) is 4.95. The van der Waals surface area contributed by atoms with E-state index >= 15 is 0 Å². The first-order valence-electron chi connectivity index (χ1n) is 6.39. The lowest BCUT2D eigenvalue weighted by Gasteiger charge is -2.24. The highest BCUT2D eigenvalue weighted by Crippen LogP contribution is 2.15. The maximum atomic E-state index is 11.6. The Kier molecular flexibility index (Phi) is 9.33. The van der Waals surface area contributed by atoms with Crippen molar-refractivity contribution < 1.29 is 23.8 Å². The highest BCUT2D eigenvalue weighted by molar-refractivity contribution is 7.98. The topological polar surface area (TPSA) is 61.8 Å². The first-order chi connectivity index (χ1) is 9.28. The van der Waals surface area contributed by atoms with E-state index in [9.17, 15) is 9.59 Å². The van der Waals surface area contributed by atoms with Gasteiger partial charge in [-0.15, -0.1) is 0 Å². The Hall–Kier alpha value is -1.01. The van der Waals surface area contributed by atoms with Crippen LogP contribution in [0.4, 0.5) is 0 Å². The second-order valence-corrected chi connectivity index (χ2v) is 5.81. The van der Waals surface area contributed by atoms with Crippen LogP contribution >= 0.6 is 11.8 Å². The van der Waals surface area contributed by atoms with Gasteiger partial charge in [0, 0.05) is 11.3 Å². The van der Waals surface area contributed by atoms with Crippen LogP contribution in [0.15, 0.2) is 12.2 Å². The Balaban J connectivity index is 3.63. The quantitative estimate of drug-likeness (QED) is 0.350. The number of esters is 2. The van der Waals surface area contributed by atoms with E-state index in [-0.39, 0.29) is 32.2 Å². The molecule has 0 radical (unpaired) electrons. The summed E-state index contributed by atoms with van der Waals surface area (Å²) in [5, 5.41) is 0. The van der Waals surface area contributed by atoms with Gasteiger partial charge < -0.3 is 14.2 Å². The molecule has 0 saturated heterocycles. The van der Waals surface area contributed by atoms with Crippen LogP contribution in [0.25, 0.3) is 0 Å². The van der Waals surface area contributed by atoms with Crippen LogP contribution in [0.2, 0.25) is 0 Å². The molecule has 0 N–H and O–H groups in total. The fourth-order valence-electron chi connectivity index (χ4n) is 1.31. The van der Waals surface area contributed by atoms with Crippen LogP contribution in [0, 0.1) is 0 Å². The highest BCUT2D eigenvalue weighted by atomic mass is 32.2. The minimum atomic E-state index is -0.465. The van der Waals surface area contributed by atoms with Crippen LogP contribution in [-0.4, -0.2) is 49.4 Å². The molecule has 6 heteroatoms. The van der Waals surface area contributed by atoms with Gasteiger partial charge in [0.15, 0.2) is 0 Å². The lowest BCUT2D eigenvalue weighted by Crippen LogP contribution is -2.31. The molecule has 20 heavy (non-hydrogen) atoms. The molecule has 0 aliphatic heterocycles. The Morgan fingerprint density at radius 3 is 2.40 bits per heavy atom. The van der Waals surface area contributed by atoms with E-state index in [2.05, 4.69) is 6.58 Å². The van der Waals surface area contributed by atoms with E-state index in [1.165, 1.54) is 0 Å². The predicted octanol–water partition coefficient (Wildman–Crippen LogP) is 2.20. The van der Waals surface area contributed by atoms with Gasteiger partial charge in [0.1, 0.15) is 12.2 Å². The first-order valence-corrected chi connectivity index (χ1v) is 7.79. The monoisotopic (exact) mass is 304 g/mol. The average Bonchev–Trinajstić information content (AvgIpc) is 2.32. The summed E-state index contributed by atoms with van der Waals surface area (Å²) in [6.07, 6.45) is 2.15. The maximum Gasteiger partial charge on any atom is 0.333 e. The fourth-order valence-corrected chi connectivity index (χ4v) is 2.06.